The van der Waals surface area contributed by atoms with Gasteiger partial charge in [0, 0.05) is 30.1 Å². The summed E-state index contributed by atoms with van der Waals surface area (Å²) >= 11 is 0. The second-order valence-corrected chi connectivity index (χ2v) is 4.45. The molecular formula is C15H18N2O. The zero-order chi connectivity index (χ0) is 13.0. The van der Waals surface area contributed by atoms with Crippen molar-refractivity contribution in [2.24, 2.45) is 5.73 Å². The number of hydrogen-bond donors (Lipinski definition) is 1. The molecule has 94 valence electrons. The van der Waals surface area contributed by atoms with E-state index in [-0.39, 0.29) is 6.10 Å². The van der Waals surface area contributed by atoms with Crippen LogP contribution in [0.4, 0.5) is 0 Å². The number of para-hydroxylation sites is 1. The third kappa shape index (κ3) is 2.87. The zero-order valence-electron chi connectivity index (χ0n) is 10.8. The van der Waals surface area contributed by atoms with Crippen molar-refractivity contribution in [3.63, 3.8) is 0 Å². The summed E-state index contributed by atoms with van der Waals surface area (Å²) in [6.45, 7) is 4.53. The summed E-state index contributed by atoms with van der Waals surface area (Å²) in [5.74, 6) is 0.878. The van der Waals surface area contributed by atoms with Crippen LogP contribution in [0.3, 0.4) is 0 Å². The third-order valence-corrected chi connectivity index (χ3v) is 2.59. The molecule has 2 N–H and O–H groups in total. The molecule has 0 unspecified atom stereocenters. The molecule has 0 saturated carbocycles. The Morgan fingerprint density at radius 3 is 2.72 bits per heavy atom. The molecule has 0 amide bonds. The molecule has 1 aromatic carbocycles. The van der Waals surface area contributed by atoms with Gasteiger partial charge in [-0.2, -0.15) is 0 Å². The number of hydrogen-bond acceptors (Lipinski definition) is 3. The first-order chi connectivity index (χ1) is 8.70. The van der Waals surface area contributed by atoms with E-state index in [4.69, 9.17) is 10.5 Å². The third-order valence-electron chi connectivity index (χ3n) is 2.59. The standard InChI is InChI=1S/C15H18N2O/c1-11(2)18-15-6-4-3-5-14(15)13-7-12(8-16)9-17-10-13/h3-7,9-11H,8,16H2,1-2H3. The molecule has 2 rings (SSSR count). The first-order valence-electron chi connectivity index (χ1n) is 6.10. The summed E-state index contributed by atoms with van der Waals surface area (Å²) in [5.41, 5.74) is 8.75. The minimum absolute atomic E-state index is 0.150. The fourth-order valence-electron chi connectivity index (χ4n) is 1.81. The number of ether oxygens (including phenoxy) is 1. The minimum Gasteiger partial charge on any atom is -0.490 e. The highest BCUT2D eigenvalue weighted by Gasteiger charge is 2.07. The van der Waals surface area contributed by atoms with E-state index in [9.17, 15) is 0 Å². The van der Waals surface area contributed by atoms with E-state index < -0.39 is 0 Å². The van der Waals surface area contributed by atoms with Gasteiger partial charge in [0.05, 0.1) is 6.10 Å². The number of rotatable bonds is 4. The highest BCUT2D eigenvalue weighted by atomic mass is 16.5. The van der Waals surface area contributed by atoms with E-state index in [1.54, 1.807) is 6.20 Å². The van der Waals surface area contributed by atoms with Crippen LogP contribution < -0.4 is 10.5 Å². The smallest absolute Gasteiger partial charge is 0.127 e. The highest BCUT2D eigenvalue weighted by Crippen LogP contribution is 2.30. The van der Waals surface area contributed by atoms with Gasteiger partial charge in [-0.3, -0.25) is 4.98 Å². The SMILES string of the molecule is CC(C)Oc1ccccc1-c1cncc(CN)c1. The number of aromatic nitrogens is 1. The van der Waals surface area contributed by atoms with Gasteiger partial charge in [-0.1, -0.05) is 18.2 Å². The van der Waals surface area contributed by atoms with Crippen molar-refractivity contribution in [3.8, 4) is 16.9 Å². The Labute approximate surface area is 108 Å². The van der Waals surface area contributed by atoms with Gasteiger partial charge in [0.2, 0.25) is 0 Å². The fraction of sp³-hybridized carbons (Fsp3) is 0.267. The summed E-state index contributed by atoms with van der Waals surface area (Å²) in [6, 6.07) is 10.0. The largest absolute Gasteiger partial charge is 0.490 e. The molecule has 0 bridgehead atoms. The normalized spacial score (nSPS) is 10.7. The van der Waals surface area contributed by atoms with Crippen molar-refractivity contribution in [3.05, 3.63) is 48.3 Å². The lowest BCUT2D eigenvalue weighted by Crippen LogP contribution is -2.06. The molecule has 3 heteroatoms. The van der Waals surface area contributed by atoms with E-state index in [0.29, 0.717) is 6.54 Å². The average Bonchev–Trinajstić information content (AvgIpc) is 2.39. The molecule has 2 aromatic rings. The maximum atomic E-state index is 5.81. The molecule has 1 aromatic heterocycles. The van der Waals surface area contributed by atoms with E-state index in [1.165, 1.54) is 0 Å². The van der Waals surface area contributed by atoms with E-state index in [1.807, 2.05) is 44.3 Å². The van der Waals surface area contributed by atoms with Crippen molar-refractivity contribution in [2.45, 2.75) is 26.5 Å². The van der Waals surface area contributed by atoms with Crippen molar-refractivity contribution < 1.29 is 4.74 Å². The summed E-state index contributed by atoms with van der Waals surface area (Å²) in [4.78, 5) is 4.22. The van der Waals surface area contributed by atoms with Gasteiger partial charge < -0.3 is 10.5 Å². The molecule has 0 atom stereocenters. The van der Waals surface area contributed by atoms with Gasteiger partial charge in [-0.15, -0.1) is 0 Å². The molecule has 18 heavy (non-hydrogen) atoms. The predicted molar refractivity (Wildman–Crippen MR) is 73.3 cm³/mol. The summed E-state index contributed by atoms with van der Waals surface area (Å²) in [6.07, 6.45) is 3.77. The van der Waals surface area contributed by atoms with Crippen LogP contribution in [-0.2, 0) is 6.54 Å². The van der Waals surface area contributed by atoms with E-state index in [2.05, 4.69) is 11.1 Å². The summed E-state index contributed by atoms with van der Waals surface area (Å²) < 4.78 is 5.81. The summed E-state index contributed by atoms with van der Waals surface area (Å²) in [5, 5.41) is 0. The van der Waals surface area contributed by atoms with Crippen LogP contribution in [0.25, 0.3) is 11.1 Å². The molecule has 0 aliphatic heterocycles. The maximum absolute atomic E-state index is 5.81. The predicted octanol–water partition coefficient (Wildman–Crippen LogP) is 2.99. The highest BCUT2D eigenvalue weighted by molar-refractivity contribution is 5.70. The molecule has 0 aliphatic rings. The zero-order valence-corrected chi connectivity index (χ0v) is 10.8. The van der Waals surface area contributed by atoms with Crippen LogP contribution >= 0.6 is 0 Å². The Morgan fingerprint density at radius 1 is 1.22 bits per heavy atom. The quantitative estimate of drug-likeness (QED) is 0.896. The Balaban J connectivity index is 2.42. The van der Waals surface area contributed by atoms with Crippen LogP contribution in [0.1, 0.15) is 19.4 Å². The van der Waals surface area contributed by atoms with Gasteiger partial charge in [0.15, 0.2) is 0 Å². The number of benzene rings is 1. The molecule has 0 radical (unpaired) electrons. The summed E-state index contributed by atoms with van der Waals surface area (Å²) in [7, 11) is 0. The molecule has 0 fully saturated rings. The first-order valence-corrected chi connectivity index (χ1v) is 6.10. The maximum Gasteiger partial charge on any atom is 0.127 e. The molecule has 1 heterocycles. The molecular weight excluding hydrogens is 224 g/mol. The first kappa shape index (κ1) is 12.6. The van der Waals surface area contributed by atoms with Crippen molar-refractivity contribution in [2.75, 3.05) is 0 Å². The Kier molecular flexibility index (Phi) is 3.95. The fourth-order valence-corrected chi connectivity index (χ4v) is 1.81. The van der Waals surface area contributed by atoms with Crippen LogP contribution in [0.15, 0.2) is 42.7 Å². The Morgan fingerprint density at radius 2 is 2.00 bits per heavy atom. The monoisotopic (exact) mass is 242 g/mol. The van der Waals surface area contributed by atoms with Crippen molar-refractivity contribution in [1.82, 2.24) is 4.98 Å². The van der Waals surface area contributed by atoms with E-state index in [0.717, 1.165) is 22.4 Å². The second kappa shape index (κ2) is 5.65. The topological polar surface area (TPSA) is 48.1 Å². The Hall–Kier alpha value is -1.87. The molecule has 3 nitrogen and oxygen atoms in total. The molecule has 0 saturated heterocycles. The average molecular weight is 242 g/mol. The van der Waals surface area contributed by atoms with Gasteiger partial charge in [-0.25, -0.2) is 0 Å². The van der Waals surface area contributed by atoms with E-state index >= 15 is 0 Å². The second-order valence-electron chi connectivity index (χ2n) is 4.45. The lowest BCUT2D eigenvalue weighted by Gasteiger charge is -2.14. The van der Waals surface area contributed by atoms with Crippen LogP contribution in [0, 0.1) is 0 Å². The van der Waals surface area contributed by atoms with Crippen LogP contribution in [0.2, 0.25) is 0 Å². The lowest BCUT2D eigenvalue weighted by atomic mass is 10.0. The number of pyridine rings is 1. The number of nitrogens with two attached hydrogens (primary N) is 1. The van der Waals surface area contributed by atoms with Gasteiger partial charge in [-0.05, 0) is 31.5 Å². The van der Waals surface area contributed by atoms with Gasteiger partial charge >= 0.3 is 0 Å². The van der Waals surface area contributed by atoms with Gasteiger partial charge in [0.25, 0.3) is 0 Å². The van der Waals surface area contributed by atoms with Crippen LogP contribution in [-0.4, -0.2) is 11.1 Å². The van der Waals surface area contributed by atoms with Crippen LogP contribution in [0.5, 0.6) is 5.75 Å². The lowest BCUT2D eigenvalue weighted by molar-refractivity contribution is 0.243. The minimum atomic E-state index is 0.150. The van der Waals surface area contributed by atoms with Crippen molar-refractivity contribution >= 4 is 0 Å². The number of nitrogens with zero attached hydrogens (tertiary/aromatic N) is 1. The Bertz CT molecular complexity index is 523. The van der Waals surface area contributed by atoms with Crippen molar-refractivity contribution in [1.29, 1.82) is 0 Å². The molecule has 0 aliphatic carbocycles. The molecule has 0 spiro atoms. The van der Waals surface area contributed by atoms with Gasteiger partial charge in [0.1, 0.15) is 5.75 Å².